The molecule has 0 radical (unpaired) electrons. The van der Waals surface area contributed by atoms with Gasteiger partial charge in [-0.3, -0.25) is 4.79 Å². The van der Waals surface area contributed by atoms with Gasteiger partial charge in [-0.25, -0.2) is 0 Å². The number of carboxylic acids is 1. The first-order valence-electron chi connectivity index (χ1n) is 7.82. The number of unbranched alkanes of at least 4 members (excludes halogenated alkanes) is 2. The van der Waals surface area contributed by atoms with Gasteiger partial charge in [0.15, 0.2) is 0 Å². The summed E-state index contributed by atoms with van der Waals surface area (Å²) in [6, 6.07) is 0. The average Bonchev–Trinajstić information content (AvgIpc) is 2.36. The van der Waals surface area contributed by atoms with Crippen molar-refractivity contribution in [1.82, 2.24) is 0 Å². The summed E-state index contributed by atoms with van der Waals surface area (Å²) in [6.45, 7) is 8.59. The van der Waals surface area contributed by atoms with Gasteiger partial charge in [-0.05, 0) is 25.2 Å². The van der Waals surface area contributed by atoms with Gasteiger partial charge in [0.2, 0.25) is 0 Å². The zero-order valence-electron chi connectivity index (χ0n) is 12.8. The van der Waals surface area contributed by atoms with E-state index >= 15 is 0 Å². The van der Waals surface area contributed by atoms with Gasteiger partial charge >= 0.3 is 5.97 Å². The molecule has 2 atom stereocenters. The molecular weight excluding hydrogens is 224 g/mol. The van der Waals surface area contributed by atoms with Gasteiger partial charge in [0.25, 0.3) is 0 Å². The third kappa shape index (κ3) is 4.62. The molecule has 0 aliphatic rings. The van der Waals surface area contributed by atoms with Crippen LogP contribution in [0.1, 0.15) is 85.5 Å². The molecular formula is C16H32O2. The highest BCUT2D eigenvalue weighted by atomic mass is 16.4. The molecule has 0 amide bonds. The van der Waals surface area contributed by atoms with E-state index in [-0.39, 0.29) is 0 Å². The Morgan fingerprint density at radius 3 is 2.00 bits per heavy atom. The first-order valence-corrected chi connectivity index (χ1v) is 7.82. The molecule has 0 aromatic heterocycles. The van der Waals surface area contributed by atoms with E-state index in [9.17, 15) is 9.90 Å². The Hall–Kier alpha value is -0.530. The minimum absolute atomic E-state index is 0.349. The highest BCUT2D eigenvalue weighted by Gasteiger charge is 2.42. The van der Waals surface area contributed by atoms with Crippen molar-refractivity contribution in [3.63, 3.8) is 0 Å². The van der Waals surface area contributed by atoms with Gasteiger partial charge in [0.05, 0.1) is 5.41 Å². The van der Waals surface area contributed by atoms with Crippen molar-refractivity contribution in [2.24, 2.45) is 11.3 Å². The molecule has 0 heterocycles. The molecule has 0 fully saturated rings. The third-order valence-corrected chi connectivity index (χ3v) is 4.28. The maximum atomic E-state index is 11.9. The SMILES string of the molecule is CCCCC(CC)C(CCC)(CCCC)C(=O)O. The Morgan fingerprint density at radius 1 is 1.00 bits per heavy atom. The highest BCUT2D eigenvalue weighted by molar-refractivity contribution is 5.75. The molecule has 1 N–H and O–H groups in total. The summed E-state index contributed by atoms with van der Waals surface area (Å²) >= 11 is 0. The van der Waals surface area contributed by atoms with Crippen molar-refractivity contribution in [1.29, 1.82) is 0 Å². The maximum absolute atomic E-state index is 11.9. The number of carboxylic acid groups (broad SMARTS) is 1. The number of hydrogen-bond acceptors (Lipinski definition) is 1. The van der Waals surface area contributed by atoms with Crippen molar-refractivity contribution in [2.75, 3.05) is 0 Å². The van der Waals surface area contributed by atoms with E-state index in [0.29, 0.717) is 5.92 Å². The predicted molar refractivity (Wildman–Crippen MR) is 77.8 cm³/mol. The van der Waals surface area contributed by atoms with Crippen LogP contribution >= 0.6 is 0 Å². The van der Waals surface area contributed by atoms with E-state index in [0.717, 1.165) is 57.8 Å². The largest absolute Gasteiger partial charge is 0.481 e. The van der Waals surface area contributed by atoms with Crippen LogP contribution in [-0.4, -0.2) is 11.1 Å². The van der Waals surface area contributed by atoms with Gasteiger partial charge in [0.1, 0.15) is 0 Å². The van der Waals surface area contributed by atoms with E-state index in [1.54, 1.807) is 0 Å². The summed E-state index contributed by atoms with van der Waals surface area (Å²) in [5.74, 6) is -0.206. The van der Waals surface area contributed by atoms with E-state index in [1.807, 2.05) is 0 Å². The van der Waals surface area contributed by atoms with Crippen LogP contribution in [0.5, 0.6) is 0 Å². The van der Waals surface area contributed by atoms with Crippen molar-refractivity contribution >= 4 is 5.97 Å². The second kappa shape index (κ2) is 9.41. The van der Waals surface area contributed by atoms with Gasteiger partial charge in [0, 0.05) is 0 Å². The van der Waals surface area contributed by atoms with Crippen LogP contribution in [0.4, 0.5) is 0 Å². The van der Waals surface area contributed by atoms with Crippen LogP contribution in [-0.2, 0) is 4.79 Å². The molecule has 0 saturated carbocycles. The fraction of sp³-hybridized carbons (Fsp3) is 0.938. The van der Waals surface area contributed by atoms with Crippen LogP contribution < -0.4 is 0 Å². The van der Waals surface area contributed by atoms with E-state index in [4.69, 9.17) is 0 Å². The Kier molecular flexibility index (Phi) is 9.13. The quantitative estimate of drug-likeness (QED) is 0.547. The van der Waals surface area contributed by atoms with Crippen molar-refractivity contribution in [3.05, 3.63) is 0 Å². The lowest BCUT2D eigenvalue weighted by molar-refractivity contribution is -0.154. The lowest BCUT2D eigenvalue weighted by Gasteiger charge is -2.37. The van der Waals surface area contributed by atoms with Crippen molar-refractivity contribution in [3.8, 4) is 0 Å². The van der Waals surface area contributed by atoms with Crippen LogP contribution in [0.3, 0.4) is 0 Å². The Bertz CT molecular complexity index is 225. The molecule has 108 valence electrons. The van der Waals surface area contributed by atoms with Crippen molar-refractivity contribution in [2.45, 2.75) is 85.5 Å². The Balaban J connectivity index is 5.01. The van der Waals surface area contributed by atoms with Gasteiger partial charge in [-0.2, -0.15) is 0 Å². The normalized spacial score (nSPS) is 16.2. The molecule has 0 saturated heterocycles. The monoisotopic (exact) mass is 256 g/mol. The second-order valence-electron chi connectivity index (χ2n) is 5.56. The Morgan fingerprint density at radius 2 is 1.61 bits per heavy atom. The third-order valence-electron chi connectivity index (χ3n) is 4.28. The lowest BCUT2D eigenvalue weighted by atomic mass is 9.66. The first-order chi connectivity index (χ1) is 8.58. The van der Waals surface area contributed by atoms with Gasteiger partial charge < -0.3 is 5.11 Å². The van der Waals surface area contributed by atoms with E-state index in [1.165, 1.54) is 0 Å². The summed E-state index contributed by atoms with van der Waals surface area (Å²) in [5, 5.41) is 9.78. The summed E-state index contributed by atoms with van der Waals surface area (Å²) in [4.78, 5) is 11.9. The number of carbonyl (C=O) groups is 1. The molecule has 2 heteroatoms. The van der Waals surface area contributed by atoms with E-state index < -0.39 is 11.4 Å². The molecule has 0 aliphatic heterocycles. The minimum Gasteiger partial charge on any atom is -0.481 e. The standard InChI is InChI=1S/C16H32O2/c1-5-9-11-14(8-4)16(12-7-3,15(17)18)13-10-6-2/h14H,5-13H2,1-4H3,(H,17,18). The summed E-state index contributed by atoms with van der Waals surface area (Å²) < 4.78 is 0. The van der Waals surface area contributed by atoms with Crippen molar-refractivity contribution < 1.29 is 9.90 Å². The minimum atomic E-state index is -0.555. The topological polar surface area (TPSA) is 37.3 Å². The second-order valence-corrected chi connectivity index (χ2v) is 5.56. The summed E-state index contributed by atoms with van der Waals surface area (Å²) in [5.41, 5.74) is -0.464. The van der Waals surface area contributed by atoms with Crippen LogP contribution in [0.2, 0.25) is 0 Å². The molecule has 2 nitrogen and oxygen atoms in total. The highest BCUT2D eigenvalue weighted by Crippen LogP contribution is 2.43. The maximum Gasteiger partial charge on any atom is 0.309 e. The average molecular weight is 256 g/mol. The predicted octanol–water partition coefficient (Wildman–Crippen LogP) is 5.26. The lowest BCUT2D eigenvalue weighted by Crippen LogP contribution is -2.38. The molecule has 0 aliphatic carbocycles. The zero-order chi connectivity index (χ0) is 14.0. The van der Waals surface area contributed by atoms with Crippen LogP contribution in [0, 0.1) is 11.3 Å². The molecule has 0 aromatic carbocycles. The van der Waals surface area contributed by atoms with Crippen LogP contribution in [0.15, 0.2) is 0 Å². The van der Waals surface area contributed by atoms with E-state index in [2.05, 4.69) is 27.7 Å². The number of rotatable bonds is 11. The van der Waals surface area contributed by atoms with Crippen LogP contribution in [0.25, 0.3) is 0 Å². The van der Waals surface area contributed by atoms with Gasteiger partial charge in [-0.1, -0.05) is 66.2 Å². The molecule has 0 aromatic rings. The zero-order valence-corrected chi connectivity index (χ0v) is 12.8. The summed E-state index contributed by atoms with van der Waals surface area (Å²) in [7, 11) is 0. The number of aliphatic carboxylic acids is 1. The smallest absolute Gasteiger partial charge is 0.309 e. The number of hydrogen-bond donors (Lipinski definition) is 1. The fourth-order valence-electron chi connectivity index (χ4n) is 3.18. The molecule has 18 heavy (non-hydrogen) atoms. The molecule has 2 unspecified atom stereocenters. The molecule has 0 rings (SSSR count). The molecule has 0 spiro atoms. The summed E-state index contributed by atoms with van der Waals surface area (Å²) in [6.07, 6.45) is 9.17. The molecule has 0 bridgehead atoms. The fourth-order valence-corrected chi connectivity index (χ4v) is 3.18. The Labute approximate surface area is 113 Å². The first kappa shape index (κ1) is 17.5. The van der Waals surface area contributed by atoms with Gasteiger partial charge in [-0.15, -0.1) is 0 Å².